The molecule has 0 aromatic rings. The van der Waals surface area contributed by atoms with Crippen LogP contribution in [0.4, 0.5) is 0 Å². The molecule has 3 nitrogen and oxygen atoms in total. The van der Waals surface area contributed by atoms with Gasteiger partial charge in [0.15, 0.2) is 0 Å². The first-order chi connectivity index (χ1) is 4.46. The fourth-order valence-corrected chi connectivity index (χ4v) is 0. The fraction of sp³-hybridized carbons (Fsp3) is 1.00. The van der Waals surface area contributed by atoms with Gasteiger partial charge in [-0.25, -0.2) is 0 Å². The van der Waals surface area contributed by atoms with Crippen molar-refractivity contribution in [2.24, 2.45) is 0 Å². The van der Waals surface area contributed by atoms with Gasteiger partial charge in [-0.15, -0.1) is 0 Å². The van der Waals surface area contributed by atoms with E-state index in [2.05, 4.69) is 0 Å². The predicted octanol–water partition coefficient (Wildman–Crippen LogP) is 0.653. The molecule has 0 spiro atoms. The Labute approximate surface area is 77.7 Å². The molecule has 0 amide bonds. The molecule has 10 heavy (non-hydrogen) atoms. The average molecular weight is 227 g/mol. The maximum atomic E-state index is 8.34. The topological polar surface area (TPSA) is 57.5 Å². The van der Waals surface area contributed by atoms with E-state index < -0.39 is 0 Å². The van der Waals surface area contributed by atoms with Crippen molar-refractivity contribution >= 4 is 0 Å². The van der Waals surface area contributed by atoms with Gasteiger partial charge < -0.3 is 10.2 Å². The van der Waals surface area contributed by atoms with E-state index in [0.29, 0.717) is 24.7 Å². The van der Waals surface area contributed by atoms with Crippen LogP contribution in [-0.4, -0.2) is 22.4 Å². The number of aliphatic hydroxyl groups is 2. The monoisotopic (exact) mass is 226 g/mol. The van der Waals surface area contributed by atoms with E-state index in [1.165, 1.54) is 0 Å². The van der Waals surface area contributed by atoms with Gasteiger partial charge in [0.2, 0.25) is 0 Å². The quantitative estimate of drug-likeness (QED) is 0.639. The Kier molecular flexibility index (Phi) is 27.6. The molecule has 0 aromatic heterocycles. The zero-order chi connectivity index (χ0) is 9.15. The molecule has 0 saturated heterocycles. The maximum absolute atomic E-state index is 8.34. The average Bonchev–Trinajstić information content (AvgIpc) is 1.66. The van der Waals surface area contributed by atoms with Crippen molar-refractivity contribution in [1.29, 1.82) is 0 Å². The Hall–Kier alpha value is 0.603. The molecule has 4 heteroatoms. The molecule has 0 bridgehead atoms. The normalized spacial score (nSPS) is 7.50. The Balaban J connectivity index is -0.0000000787. The van der Waals surface area contributed by atoms with Crippen LogP contribution in [0.5, 0.6) is 0 Å². The Morgan fingerprint density at radius 1 is 0.900 bits per heavy atom. The molecule has 2 N–H and O–H groups in total. The molecule has 0 aliphatic heterocycles. The van der Waals surface area contributed by atoms with Gasteiger partial charge in [-0.3, -0.25) is 0 Å². The Morgan fingerprint density at radius 2 is 0.900 bits per heavy atom. The van der Waals surface area contributed by atoms with Crippen LogP contribution < -0.4 is 0 Å². The van der Waals surface area contributed by atoms with Crippen LogP contribution >= 0.6 is 0 Å². The van der Waals surface area contributed by atoms with Crippen molar-refractivity contribution in [2.45, 2.75) is 39.9 Å². The summed E-state index contributed by atoms with van der Waals surface area (Å²) < 4.78 is 8.34. The SMILES string of the molecule is CC(C)O.CC(C)O.[O]=[Zr]. The third-order valence-corrected chi connectivity index (χ3v) is 0. The molecule has 0 fully saturated rings. The van der Waals surface area contributed by atoms with Crippen molar-refractivity contribution in [1.82, 2.24) is 0 Å². The molecule has 0 aromatic carbocycles. The first-order valence-corrected chi connectivity index (χ1v) is 4.03. The van der Waals surface area contributed by atoms with Crippen LogP contribution in [0.1, 0.15) is 27.7 Å². The predicted molar refractivity (Wildman–Crippen MR) is 35.4 cm³/mol. The number of aliphatic hydroxyl groups excluding tert-OH is 2. The second-order valence-electron chi connectivity index (χ2n) is 2.19. The molecule has 0 radical (unpaired) electrons. The molecule has 0 rings (SSSR count). The van der Waals surface area contributed by atoms with Gasteiger partial charge in [-0.1, -0.05) is 0 Å². The van der Waals surface area contributed by atoms with E-state index >= 15 is 0 Å². The Bertz CT molecular complexity index is 36.7. The van der Waals surface area contributed by atoms with E-state index in [-0.39, 0.29) is 12.2 Å². The summed E-state index contributed by atoms with van der Waals surface area (Å²) in [5, 5.41) is 16.1. The van der Waals surface area contributed by atoms with Gasteiger partial charge in [-0.05, 0) is 27.7 Å². The summed E-state index contributed by atoms with van der Waals surface area (Å²) in [7, 11) is 0. The summed E-state index contributed by atoms with van der Waals surface area (Å²) in [6.45, 7) is 6.89. The molecule has 0 atom stereocenters. The van der Waals surface area contributed by atoms with Crippen molar-refractivity contribution in [2.75, 3.05) is 0 Å². The number of hydrogen-bond acceptors (Lipinski definition) is 3. The van der Waals surface area contributed by atoms with Crippen LogP contribution in [0, 0.1) is 0 Å². The van der Waals surface area contributed by atoms with Crippen molar-refractivity contribution in [3.05, 3.63) is 0 Å². The number of hydrogen-bond donors (Lipinski definition) is 2. The van der Waals surface area contributed by atoms with Crippen molar-refractivity contribution in [3.8, 4) is 0 Å². The standard InChI is InChI=1S/2C3H8O.O.Zr/c2*1-3(2)4;;/h2*3-4H,1-2H3;;. The summed E-state index contributed by atoms with van der Waals surface area (Å²) in [5.41, 5.74) is 0. The first kappa shape index (κ1) is 16.9. The van der Waals surface area contributed by atoms with Crippen LogP contribution in [0.2, 0.25) is 0 Å². The molecule has 62 valence electrons. The van der Waals surface area contributed by atoms with E-state index in [0.717, 1.165) is 0 Å². The van der Waals surface area contributed by atoms with Gasteiger partial charge in [-0.2, -0.15) is 0 Å². The molecular formula is C6H16O3Zr. The third kappa shape index (κ3) is 1370. The van der Waals surface area contributed by atoms with Gasteiger partial charge in [0.25, 0.3) is 0 Å². The summed E-state index contributed by atoms with van der Waals surface area (Å²) in [6, 6.07) is 0. The van der Waals surface area contributed by atoms with E-state index in [4.69, 9.17) is 13.0 Å². The second-order valence-corrected chi connectivity index (χ2v) is 2.19. The summed E-state index contributed by atoms with van der Waals surface area (Å²) in [5.74, 6) is 0. The zero-order valence-electron chi connectivity index (χ0n) is 6.96. The van der Waals surface area contributed by atoms with Crippen molar-refractivity contribution < 1.29 is 37.7 Å². The molecule has 0 aliphatic carbocycles. The Morgan fingerprint density at radius 3 is 0.900 bits per heavy atom. The van der Waals surface area contributed by atoms with Gasteiger partial charge in [0, 0.05) is 12.2 Å². The van der Waals surface area contributed by atoms with Crippen LogP contribution in [0.15, 0.2) is 0 Å². The van der Waals surface area contributed by atoms with Gasteiger partial charge >= 0.3 is 27.5 Å². The summed E-state index contributed by atoms with van der Waals surface area (Å²) in [6.07, 6.45) is -0.333. The molecule has 0 aliphatic rings. The molecular weight excluding hydrogens is 211 g/mol. The molecule has 0 heterocycles. The first-order valence-electron chi connectivity index (χ1n) is 3.03. The minimum atomic E-state index is -0.167. The van der Waals surface area contributed by atoms with Crippen LogP contribution in [0.25, 0.3) is 0 Å². The fourth-order valence-electron chi connectivity index (χ4n) is 0. The minimum absolute atomic E-state index is 0.167. The second kappa shape index (κ2) is 16.3. The summed E-state index contributed by atoms with van der Waals surface area (Å²) >= 11 is 0.300. The molecule has 0 saturated carbocycles. The molecule has 0 unspecified atom stereocenters. The van der Waals surface area contributed by atoms with Crippen LogP contribution in [0.3, 0.4) is 0 Å². The summed E-state index contributed by atoms with van der Waals surface area (Å²) in [4.78, 5) is 0. The van der Waals surface area contributed by atoms with Gasteiger partial charge in [0.1, 0.15) is 0 Å². The number of rotatable bonds is 0. The third-order valence-electron chi connectivity index (χ3n) is 0. The van der Waals surface area contributed by atoms with Gasteiger partial charge in [0.05, 0.1) is 0 Å². The van der Waals surface area contributed by atoms with Crippen LogP contribution in [-0.2, 0) is 27.5 Å². The van der Waals surface area contributed by atoms with E-state index in [9.17, 15) is 0 Å². The van der Waals surface area contributed by atoms with E-state index in [1.54, 1.807) is 27.7 Å². The van der Waals surface area contributed by atoms with E-state index in [1.807, 2.05) is 0 Å². The van der Waals surface area contributed by atoms with Crippen molar-refractivity contribution in [3.63, 3.8) is 0 Å². The zero-order valence-corrected chi connectivity index (χ0v) is 9.42.